The van der Waals surface area contributed by atoms with Gasteiger partial charge < -0.3 is 10.6 Å². The first-order valence-corrected chi connectivity index (χ1v) is 8.00. The first kappa shape index (κ1) is 16.4. The molecule has 0 aromatic heterocycles. The molecule has 3 rings (SSSR count). The van der Waals surface area contributed by atoms with Crippen LogP contribution in [0.4, 0.5) is 9.18 Å². The summed E-state index contributed by atoms with van der Waals surface area (Å²) in [5.41, 5.74) is -0.283. The van der Waals surface area contributed by atoms with Crippen LogP contribution in [0.25, 0.3) is 0 Å². The number of hydrogen-bond acceptors (Lipinski definition) is 3. The second kappa shape index (κ2) is 5.89. The van der Waals surface area contributed by atoms with Crippen molar-refractivity contribution in [2.45, 2.75) is 38.3 Å². The van der Waals surface area contributed by atoms with E-state index in [0.29, 0.717) is 5.56 Å². The Morgan fingerprint density at radius 2 is 2.17 bits per heavy atom. The standard InChI is InChI=1S/C17H20FN3O3/c1-10(11-4-3-5-13(18)8-11)19-14(22)9-21-15(23)17(2,12-6-7-12)20-16(21)24/h3-5,8,10,12H,6-7,9H2,1-2H3,(H,19,22)(H,20,24)/t10-,17+/m1/s1. The minimum absolute atomic E-state index is 0.147. The zero-order chi connectivity index (χ0) is 17.5. The van der Waals surface area contributed by atoms with Crippen LogP contribution < -0.4 is 10.6 Å². The lowest BCUT2D eigenvalue weighted by molar-refractivity contribution is -0.135. The average Bonchev–Trinajstić information content (AvgIpc) is 3.33. The zero-order valence-electron chi connectivity index (χ0n) is 13.6. The Morgan fingerprint density at radius 1 is 1.46 bits per heavy atom. The van der Waals surface area contributed by atoms with Crippen molar-refractivity contribution >= 4 is 17.8 Å². The molecule has 2 atom stereocenters. The summed E-state index contributed by atoms with van der Waals surface area (Å²) < 4.78 is 13.2. The number of urea groups is 1. The van der Waals surface area contributed by atoms with Gasteiger partial charge in [-0.3, -0.25) is 14.5 Å². The van der Waals surface area contributed by atoms with Gasteiger partial charge in [-0.1, -0.05) is 12.1 Å². The summed E-state index contributed by atoms with van der Waals surface area (Å²) in [6.07, 6.45) is 1.80. The molecule has 0 unspecified atom stereocenters. The summed E-state index contributed by atoms with van der Waals surface area (Å²) in [7, 11) is 0. The van der Waals surface area contributed by atoms with E-state index in [1.54, 1.807) is 26.0 Å². The van der Waals surface area contributed by atoms with Gasteiger partial charge in [0, 0.05) is 0 Å². The third-order valence-electron chi connectivity index (χ3n) is 4.72. The van der Waals surface area contributed by atoms with E-state index in [1.807, 2.05) is 0 Å². The minimum atomic E-state index is -0.897. The number of imide groups is 1. The number of nitrogens with zero attached hydrogens (tertiary/aromatic N) is 1. The van der Waals surface area contributed by atoms with Gasteiger partial charge in [0.05, 0.1) is 6.04 Å². The minimum Gasteiger partial charge on any atom is -0.348 e. The lowest BCUT2D eigenvalue weighted by Crippen LogP contribution is -2.47. The highest BCUT2D eigenvalue weighted by molar-refractivity contribution is 6.09. The molecule has 4 amide bonds. The quantitative estimate of drug-likeness (QED) is 0.806. The van der Waals surface area contributed by atoms with Crippen molar-refractivity contribution in [3.63, 3.8) is 0 Å². The van der Waals surface area contributed by atoms with E-state index >= 15 is 0 Å². The van der Waals surface area contributed by atoms with E-state index in [0.717, 1.165) is 17.7 Å². The van der Waals surface area contributed by atoms with Gasteiger partial charge in [-0.05, 0) is 50.3 Å². The van der Waals surface area contributed by atoms with Gasteiger partial charge >= 0.3 is 6.03 Å². The molecule has 128 valence electrons. The van der Waals surface area contributed by atoms with Gasteiger partial charge in [-0.25, -0.2) is 9.18 Å². The molecule has 1 aromatic carbocycles. The third-order valence-corrected chi connectivity index (χ3v) is 4.72. The number of nitrogens with one attached hydrogen (secondary N) is 2. The van der Waals surface area contributed by atoms with Crippen molar-refractivity contribution in [1.29, 1.82) is 0 Å². The van der Waals surface area contributed by atoms with E-state index in [9.17, 15) is 18.8 Å². The van der Waals surface area contributed by atoms with Gasteiger partial charge in [-0.2, -0.15) is 0 Å². The van der Waals surface area contributed by atoms with Gasteiger partial charge in [-0.15, -0.1) is 0 Å². The molecule has 2 aliphatic rings. The molecule has 1 saturated carbocycles. The number of amides is 4. The Morgan fingerprint density at radius 3 is 2.79 bits per heavy atom. The van der Waals surface area contributed by atoms with Gasteiger partial charge in [0.15, 0.2) is 0 Å². The molecule has 1 aliphatic carbocycles. The van der Waals surface area contributed by atoms with Crippen LogP contribution in [0, 0.1) is 11.7 Å². The Kier molecular flexibility index (Phi) is 4.03. The molecule has 1 aliphatic heterocycles. The second-order valence-corrected chi connectivity index (χ2v) is 6.64. The summed E-state index contributed by atoms with van der Waals surface area (Å²) in [6.45, 7) is 3.08. The Labute approximate surface area is 139 Å². The van der Waals surface area contributed by atoms with E-state index in [-0.39, 0.29) is 24.2 Å². The molecular formula is C17H20FN3O3. The maximum absolute atomic E-state index is 13.2. The molecule has 1 aromatic rings. The van der Waals surface area contributed by atoms with Crippen molar-refractivity contribution in [1.82, 2.24) is 15.5 Å². The fraction of sp³-hybridized carbons (Fsp3) is 0.471. The highest BCUT2D eigenvalue weighted by atomic mass is 19.1. The molecule has 0 bridgehead atoms. The second-order valence-electron chi connectivity index (χ2n) is 6.64. The smallest absolute Gasteiger partial charge is 0.325 e. The molecule has 0 spiro atoms. The average molecular weight is 333 g/mol. The predicted molar refractivity (Wildman–Crippen MR) is 84.3 cm³/mol. The fourth-order valence-electron chi connectivity index (χ4n) is 3.09. The van der Waals surface area contributed by atoms with Crippen LogP contribution >= 0.6 is 0 Å². The van der Waals surface area contributed by atoms with Crippen LogP contribution in [-0.4, -0.2) is 34.8 Å². The molecule has 7 heteroatoms. The summed E-state index contributed by atoms with van der Waals surface area (Å²) in [5.74, 6) is -1.06. The topological polar surface area (TPSA) is 78.5 Å². The summed E-state index contributed by atoms with van der Waals surface area (Å²) in [6, 6.07) is 4.96. The molecule has 1 heterocycles. The summed E-state index contributed by atoms with van der Waals surface area (Å²) >= 11 is 0. The molecule has 6 nitrogen and oxygen atoms in total. The molecule has 2 fully saturated rings. The van der Waals surface area contributed by atoms with Crippen molar-refractivity contribution in [3.8, 4) is 0 Å². The van der Waals surface area contributed by atoms with Crippen LogP contribution in [0.3, 0.4) is 0 Å². The van der Waals surface area contributed by atoms with Crippen molar-refractivity contribution < 1.29 is 18.8 Å². The van der Waals surface area contributed by atoms with Crippen molar-refractivity contribution in [2.75, 3.05) is 6.54 Å². The van der Waals surface area contributed by atoms with Crippen LogP contribution in [0.15, 0.2) is 24.3 Å². The zero-order valence-corrected chi connectivity index (χ0v) is 13.6. The number of carbonyl (C=O) groups is 3. The monoisotopic (exact) mass is 333 g/mol. The Balaban J connectivity index is 1.62. The van der Waals surface area contributed by atoms with Gasteiger partial charge in [0.25, 0.3) is 5.91 Å². The SMILES string of the molecule is C[C@@H](NC(=O)CN1C(=O)N[C@@](C)(C2CC2)C1=O)c1cccc(F)c1. The molecular weight excluding hydrogens is 313 g/mol. The third kappa shape index (κ3) is 2.98. The van der Waals surface area contributed by atoms with Gasteiger partial charge in [0.1, 0.15) is 17.9 Å². The maximum Gasteiger partial charge on any atom is 0.325 e. The van der Waals surface area contributed by atoms with Crippen LogP contribution in [0.5, 0.6) is 0 Å². The van der Waals surface area contributed by atoms with Crippen LogP contribution in [0.1, 0.15) is 38.3 Å². The molecule has 1 saturated heterocycles. The number of hydrogen-bond donors (Lipinski definition) is 2. The summed E-state index contributed by atoms with van der Waals surface area (Å²) in [4.78, 5) is 37.6. The Hall–Kier alpha value is -2.44. The Bertz CT molecular complexity index is 704. The first-order valence-electron chi connectivity index (χ1n) is 8.00. The van der Waals surface area contributed by atoms with Crippen molar-refractivity contribution in [3.05, 3.63) is 35.6 Å². The summed E-state index contributed by atoms with van der Waals surface area (Å²) in [5, 5.41) is 5.38. The fourth-order valence-corrected chi connectivity index (χ4v) is 3.09. The van der Waals surface area contributed by atoms with E-state index in [1.165, 1.54) is 12.1 Å². The van der Waals surface area contributed by atoms with E-state index in [4.69, 9.17) is 0 Å². The largest absolute Gasteiger partial charge is 0.348 e. The maximum atomic E-state index is 13.2. The van der Waals surface area contributed by atoms with Crippen LogP contribution in [0.2, 0.25) is 0 Å². The normalized spacial score (nSPS) is 24.7. The van der Waals surface area contributed by atoms with Crippen LogP contribution in [-0.2, 0) is 9.59 Å². The molecule has 24 heavy (non-hydrogen) atoms. The van der Waals surface area contributed by atoms with E-state index < -0.39 is 23.5 Å². The van der Waals surface area contributed by atoms with E-state index in [2.05, 4.69) is 10.6 Å². The number of rotatable bonds is 5. The number of halogens is 1. The lowest BCUT2D eigenvalue weighted by atomic mass is 9.96. The molecule has 2 N–H and O–H groups in total. The predicted octanol–water partition coefficient (Wildman–Crippen LogP) is 1.72. The molecule has 0 radical (unpaired) electrons. The van der Waals surface area contributed by atoms with Gasteiger partial charge in [0.2, 0.25) is 5.91 Å². The number of benzene rings is 1. The highest BCUT2D eigenvalue weighted by Crippen LogP contribution is 2.42. The highest BCUT2D eigenvalue weighted by Gasteiger charge is 2.56. The van der Waals surface area contributed by atoms with Crippen molar-refractivity contribution in [2.24, 2.45) is 5.92 Å². The first-order chi connectivity index (χ1) is 11.3. The lowest BCUT2D eigenvalue weighted by Gasteiger charge is -2.21. The number of carbonyl (C=O) groups excluding carboxylic acids is 3.